The van der Waals surface area contributed by atoms with Crippen LogP contribution in [-0.2, 0) is 11.0 Å². The molecule has 154 valence electrons. The minimum Gasteiger partial charge on any atom is -0.495 e. The van der Waals surface area contributed by atoms with Crippen molar-refractivity contribution in [3.63, 3.8) is 0 Å². The van der Waals surface area contributed by atoms with Crippen molar-refractivity contribution in [3.05, 3.63) is 56.1 Å². The maximum absolute atomic E-state index is 13.1. The first kappa shape index (κ1) is 21.7. The number of piperazine rings is 1. The predicted molar refractivity (Wildman–Crippen MR) is 110 cm³/mol. The van der Waals surface area contributed by atoms with Crippen molar-refractivity contribution in [1.82, 2.24) is 4.90 Å². The molecule has 1 aliphatic heterocycles. The van der Waals surface area contributed by atoms with E-state index in [1.807, 2.05) is 6.07 Å². The Kier molecular flexibility index (Phi) is 6.27. The summed E-state index contributed by atoms with van der Waals surface area (Å²) in [4.78, 5) is 28.1. The van der Waals surface area contributed by atoms with Crippen LogP contribution in [0, 0.1) is 3.57 Å². The molecule has 0 unspecified atom stereocenters. The number of ether oxygens (including phenoxy) is 1. The molecule has 0 saturated carbocycles. The van der Waals surface area contributed by atoms with Crippen molar-refractivity contribution in [2.45, 2.75) is 6.18 Å². The Hall–Kier alpha value is -2.01. The van der Waals surface area contributed by atoms with Gasteiger partial charge in [0, 0.05) is 16.7 Å². The van der Waals surface area contributed by atoms with Crippen LogP contribution in [0.4, 0.5) is 18.9 Å². The Morgan fingerprint density at radius 2 is 1.93 bits per heavy atom. The van der Waals surface area contributed by atoms with Gasteiger partial charge in [0.1, 0.15) is 12.3 Å². The zero-order valence-corrected chi connectivity index (χ0v) is 18.0. The van der Waals surface area contributed by atoms with E-state index in [0.29, 0.717) is 11.4 Å². The van der Waals surface area contributed by atoms with E-state index in [4.69, 9.17) is 16.3 Å². The first-order chi connectivity index (χ1) is 13.6. The molecule has 10 heteroatoms. The minimum absolute atomic E-state index is 0.145. The lowest BCUT2D eigenvalue weighted by molar-refractivity contribution is -0.137. The van der Waals surface area contributed by atoms with Crippen molar-refractivity contribution >= 4 is 51.7 Å². The summed E-state index contributed by atoms with van der Waals surface area (Å²) in [6.45, 7) is 0.0451. The average molecular weight is 539 g/mol. The molecule has 1 saturated heterocycles. The highest BCUT2D eigenvalue weighted by molar-refractivity contribution is 14.1. The summed E-state index contributed by atoms with van der Waals surface area (Å²) < 4.78 is 45.4. The van der Waals surface area contributed by atoms with Gasteiger partial charge in [-0.3, -0.25) is 9.59 Å². The molecule has 0 bridgehead atoms. The van der Waals surface area contributed by atoms with Crippen LogP contribution in [0.1, 0.15) is 15.9 Å². The van der Waals surface area contributed by atoms with Crippen LogP contribution in [0.5, 0.6) is 5.75 Å². The molecule has 1 aliphatic rings. The van der Waals surface area contributed by atoms with E-state index in [-0.39, 0.29) is 31.1 Å². The normalized spacial score (nSPS) is 14.9. The molecule has 2 aromatic rings. The molecule has 0 spiro atoms. The van der Waals surface area contributed by atoms with Gasteiger partial charge in [-0.2, -0.15) is 13.2 Å². The highest BCUT2D eigenvalue weighted by Gasteiger charge is 2.36. The second kappa shape index (κ2) is 8.39. The van der Waals surface area contributed by atoms with E-state index in [9.17, 15) is 22.8 Å². The molecule has 1 fully saturated rings. The van der Waals surface area contributed by atoms with E-state index in [2.05, 4.69) is 22.6 Å². The molecule has 5 nitrogen and oxygen atoms in total. The van der Waals surface area contributed by atoms with E-state index in [0.717, 1.165) is 15.7 Å². The number of rotatable bonds is 3. The van der Waals surface area contributed by atoms with Gasteiger partial charge in [0.2, 0.25) is 5.91 Å². The third kappa shape index (κ3) is 4.45. The van der Waals surface area contributed by atoms with Gasteiger partial charge in [0.25, 0.3) is 5.91 Å². The number of halogens is 5. The average Bonchev–Trinajstić information content (AvgIpc) is 2.66. The van der Waals surface area contributed by atoms with Crippen LogP contribution in [-0.4, -0.2) is 43.5 Å². The molecule has 0 N–H and O–H groups in total. The summed E-state index contributed by atoms with van der Waals surface area (Å²) >= 11 is 7.96. The number of hydrogen-bond acceptors (Lipinski definition) is 3. The van der Waals surface area contributed by atoms with Gasteiger partial charge in [-0.1, -0.05) is 17.7 Å². The van der Waals surface area contributed by atoms with E-state index in [1.54, 1.807) is 12.1 Å². The zero-order chi connectivity index (χ0) is 21.3. The SMILES string of the molecule is COc1ccc(I)cc1N1CCN(C(=O)c2cccc(C(F)(F)F)c2Cl)CC1=O. The van der Waals surface area contributed by atoms with Crippen LogP contribution in [0.25, 0.3) is 0 Å². The van der Waals surface area contributed by atoms with Gasteiger partial charge in [0.05, 0.1) is 28.9 Å². The number of benzene rings is 2. The number of anilines is 1. The van der Waals surface area contributed by atoms with Crippen LogP contribution >= 0.6 is 34.2 Å². The topological polar surface area (TPSA) is 49.9 Å². The summed E-state index contributed by atoms with van der Waals surface area (Å²) in [5.41, 5.74) is -0.790. The molecule has 3 rings (SSSR count). The molecule has 2 amide bonds. The highest BCUT2D eigenvalue weighted by atomic mass is 127. The molecular weight excluding hydrogens is 524 g/mol. The standard InChI is InChI=1S/C19H15ClF3IN2O3/c1-29-15-6-5-11(24)9-14(15)26-8-7-25(10-16(26)27)18(28)12-3-2-4-13(17(12)20)19(21,22)23/h2-6,9H,7-8,10H2,1H3. The van der Waals surface area contributed by atoms with Crippen molar-refractivity contribution in [3.8, 4) is 5.75 Å². The molecule has 0 aliphatic carbocycles. The molecule has 0 aromatic heterocycles. The molecule has 29 heavy (non-hydrogen) atoms. The van der Waals surface area contributed by atoms with Crippen molar-refractivity contribution in [2.24, 2.45) is 0 Å². The molecular formula is C19H15ClF3IN2O3. The first-order valence-electron chi connectivity index (χ1n) is 8.42. The second-order valence-corrected chi connectivity index (χ2v) is 7.88. The van der Waals surface area contributed by atoms with E-state index in [1.165, 1.54) is 23.0 Å². The van der Waals surface area contributed by atoms with Gasteiger partial charge in [-0.15, -0.1) is 0 Å². The van der Waals surface area contributed by atoms with Gasteiger partial charge in [-0.25, -0.2) is 0 Å². The Balaban J connectivity index is 1.83. The fraction of sp³-hybridized carbons (Fsp3) is 0.263. The van der Waals surface area contributed by atoms with E-state index >= 15 is 0 Å². The van der Waals surface area contributed by atoms with Gasteiger partial charge < -0.3 is 14.5 Å². The quantitative estimate of drug-likeness (QED) is 0.543. The second-order valence-electron chi connectivity index (χ2n) is 6.25. The fourth-order valence-corrected chi connectivity index (χ4v) is 3.85. The Labute approximate surface area is 183 Å². The van der Waals surface area contributed by atoms with Gasteiger partial charge in [-0.05, 0) is 52.9 Å². The fourth-order valence-electron chi connectivity index (χ4n) is 3.06. The number of hydrogen-bond donors (Lipinski definition) is 0. The maximum atomic E-state index is 13.1. The zero-order valence-electron chi connectivity index (χ0n) is 15.1. The van der Waals surface area contributed by atoms with Crippen molar-refractivity contribution < 1.29 is 27.5 Å². The van der Waals surface area contributed by atoms with Crippen LogP contribution in [0.3, 0.4) is 0 Å². The predicted octanol–water partition coefficient (Wildman–Crippen LogP) is 4.46. The summed E-state index contributed by atoms with van der Waals surface area (Å²) in [6.07, 6.45) is -4.68. The maximum Gasteiger partial charge on any atom is 0.417 e. The highest BCUT2D eigenvalue weighted by Crippen LogP contribution is 2.37. The number of amides is 2. The number of carbonyl (C=O) groups excluding carboxylic acids is 2. The lowest BCUT2D eigenvalue weighted by Crippen LogP contribution is -2.52. The summed E-state index contributed by atoms with van der Waals surface area (Å²) in [7, 11) is 1.49. The monoisotopic (exact) mass is 538 g/mol. The largest absolute Gasteiger partial charge is 0.495 e. The summed E-state index contributed by atoms with van der Waals surface area (Å²) in [5.74, 6) is -0.573. The lowest BCUT2D eigenvalue weighted by Gasteiger charge is -2.35. The molecule has 0 radical (unpaired) electrons. The number of methoxy groups -OCH3 is 1. The van der Waals surface area contributed by atoms with Crippen molar-refractivity contribution in [2.75, 3.05) is 31.6 Å². The smallest absolute Gasteiger partial charge is 0.417 e. The Morgan fingerprint density at radius 3 is 2.55 bits per heavy atom. The molecule has 0 atom stereocenters. The number of nitrogens with zero attached hydrogens (tertiary/aromatic N) is 2. The Morgan fingerprint density at radius 1 is 1.21 bits per heavy atom. The van der Waals surface area contributed by atoms with Crippen LogP contribution in [0.2, 0.25) is 5.02 Å². The van der Waals surface area contributed by atoms with E-state index < -0.39 is 22.7 Å². The summed E-state index contributed by atoms with van der Waals surface area (Å²) in [6, 6.07) is 8.52. The lowest BCUT2D eigenvalue weighted by atomic mass is 10.1. The third-order valence-electron chi connectivity index (χ3n) is 4.47. The van der Waals surface area contributed by atoms with Crippen LogP contribution in [0.15, 0.2) is 36.4 Å². The first-order valence-corrected chi connectivity index (χ1v) is 9.88. The minimum atomic E-state index is -4.68. The number of carbonyl (C=O) groups is 2. The van der Waals surface area contributed by atoms with Crippen LogP contribution < -0.4 is 9.64 Å². The van der Waals surface area contributed by atoms with Gasteiger partial charge >= 0.3 is 6.18 Å². The molecule has 1 heterocycles. The number of alkyl halides is 3. The van der Waals surface area contributed by atoms with Crippen molar-refractivity contribution in [1.29, 1.82) is 0 Å². The van der Waals surface area contributed by atoms with Gasteiger partial charge in [0.15, 0.2) is 0 Å². The third-order valence-corrected chi connectivity index (χ3v) is 5.55. The summed E-state index contributed by atoms with van der Waals surface area (Å²) in [5, 5.41) is -0.667. The Bertz CT molecular complexity index is 968. The molecule has 2 aromatic carbocycles.